The Morgan fingerprint density at radius 2 is 2.31 bits per heavy atom. The van der Waals surface area contributed by atoms with Crippen LogP contribution in [0.25, 0.3) is 0 Å². The van der Waals surface area contributed by atoms with Gasteiger partial charge in [0.15, 0.2) is 0 Å². The van der Waals surface area contributed by atoms with Crippen LogP contribution in [0.3, 0.4) is 0 Å². The van der Waals surface area contributed by atoms with Crippen LogP contribution >= 0.6 is 0 Å². The van der Waals surface area contributed by atoms with E-state index in [9.17, 15) is 5.11 Å². The number of rotatable bonds is 1. The largest absolute Gasteiger partial charge is 0.382 e. The van der Waals surface area contributed by atoms with Crippen LogP contribution in [0.4, 0.5) is 0 Å². The fraction of sp³-hybridized carbons (Fsp3) is 0.800. The lowest BCUT2D eigenvalue weighted by Gasteiger charge is -2.25. The quantitative estimate of drug-likeness (QED) is 0.597. The average molecular weight is 183 g/mol. The number of hydrogen-bond acceptors (Lipinski definition) is 3. The Morgan fingerprint density at radius 3 is 3.00 bits per heavy atom. The van der Waals surface area contributed by atoms with Gasteiger partial charge in [0.2, 0.25) is 0 Å². The predicted molar refractivity (Wildman–Crippen MR) is 50.6 cm³/mol. The maximum Gasteiger partial charge on any atom is 0.119 e. The van der Waals surface area contributed by atoms with Gasteiger partial charge in [0.25, 0.3) is 0 Å². The number of ether oxygens (including phenoxy) is 1. The maximum absolute atomic E-state index is 10.2. The van der Waals surface area contributed by atoms with Gasteiger partial charge in [-0.1, -0.05) is 11.6 Å². The van der Waals surface area contributed by atoms with Crippen LogP contribution in [-0.4, -0.2) is 49.0 Å². The summed E-state index contributed by atoms with van der Waals surface area (Å²) in [6.07, 6.45) is 4.31. The van der Waals surface area contributed by atoms with Crippen molar-refractivity contribution in [1.82, 2.24) is 4.90 Å². The molecule has 13 heavy (non-hydrogen) atoms. The molecule has 0 aromatic carbocycles. The highest BCUT2D eigenvalue weighted by Crippen LogP contribution is 2.31. The van der Waals surface area contributed by atoms with Crippen LogP contribution < -0.4 is 0 Å². The first kappa shape index (κ1) is 9.19. The number of hydrogen-bond donors (Lipinski definition) is 1. The predicted octanol–water partition coefficient (Wildman–Crippen LogP) is 0.400. The van der Waals surface area contributed by atoms with Crippen LogP contribution in [0.5, 0.6) is 0 Å². The number of aliphatic hydroxyl groups is 1. The van der Waals surface area contributed by atoms with Gasteiger partial charge in [-0.2, -0.15) is 0 Å². The highest BCUT2D eigenvalue weighted by atomic mass is 16.5. The molecule has 0 aromatic heterocycles. The molecule has 3 heteroatoms. The van der Waals surface area contributed by atoms with Crippen molar-refractivity contribution in [3.8, 4) is 0 Å². The second kappa shape index (κ2) is 3.40. The monoisotopic (exact) mass is 183 g/mol. The molecule has 1 N–H and O–H groups in total. The third kappa shape index (κ3) is 2.53. The van der Waals surface area contributed by atoms with Crippen LogP contribution in [-0.2, 0) is 4.74 Å². The number of likely N-dealkylation sites (N-methyl/N-ethyl adjacent to an activating group) is 1. The van der Waals surface area contributed by atoms with Gasteiger partial charge in [0.05, 0.1) is 13.2 Å². The summed E-state index contributed by atoms with van der Waals surface area (Å²) < 4.78 is 5.37. The van der Waals surface area contributed by atoms with E-state index in [0.717, 1.165) is 26.0 Å². The molecular weight excluding hydrogens is 166 g/mol. The summed E-state index contributed by atoms with van der Waals surface area (Å²) in [7, 11) is 2.02. The highest BCUT2D eigenvalue weighted by molar-refractivity contribution is 5.22. The smallest absolute Gasteiger partial charge is 0.119 e. The molecule has 1 heterocycles. The Kier molecular flexibility index (Phi) is 2.41. The van der Waals surface area contributed by atoms with Crippen molar-refractivity contribution in [2.45, 2.75) is 18.4 Å². The fourth-order valence-electron chi connectivity index (χ4n) is 1.75. The lowest BCUT2D eigenvalue weighted by molar-refractivity contribution is 0.00160. The van der Waals surface area contributed by atoms with E-state index in [4.69, 9.17) is 4.74 Å². The molecule has 0 aromatic rings. The number of allylic oxidation sites excluding steroid dienone is 1. The Hall–Kier alpha value is -0.380. The normalized spacial score (nSPS) is 35.7. The number of β-amino-alcohol motifs (C(OH)–C–C–N with tert-alkyl or cyclic N) is 1. The molecule has 2 rings (SSSR count). The minimum atomic E-state index is -0.739. The maximum atomic E-state index is 10.2. The zero-order chi connectivity index (χ0) is 9.31. The summed E-state index contributed by atoms with van der Waals surface area (Å²) in [5.41, 5.74) is 0.637. The van der Waals surface area contributed by atoms with E-state index < -0.39 is 5.60 Å². The Balaban J connectivity index is 2.04. The third-order valence-corrected chi connectivity index (χ3v) is 2.52. The van der Waals surface area contributed by atoms with E-state index in [1.54, 1.807) is 0 Å². The highest BCUT2D eigenvalue weighted by Gasteiger charge is 2.31. The summed E-state index contributed by atoms with van der Waals surface area (Å²) in [5.74, 6) is 0. The van der Waals surface area contributed by atoms with Gasteiger partial charge in [0, 0.05) is 13.1 Å². The standard InChI is InChI=1S/C10H17NO2/c1-11-4-5-13-8-10(12,7-11)6-9-2-3-9/h6,12H,2-5,7-8H2,1H3/t10-/m0/s1. The first-order valence-corrected chi connectivity index (χ1v) is 4.87. The molecule has 0 bridgehead atoms. The van der Waals surface area contributed by atoms with Crippen molar-refractivity contribution in [3.63, 3.8) is 0 Å². The zero-order valence-electron chi connectivity index (χ0n) is 8.12. The average Bonchev–Trinajstić information content (AvgIpc) is 2.81. The molecule has 0 unspecified atom stereocenters. The van der Waals surface area contributed by atoms with Gasteiger partial charge in [-0.05, 0) is 19.9 Å². The third-order valence-electron chi connectivity index (χ3n) is 2.52. The van der Waals surface area contributed by atoms with Gasteiger partial charge in [-0.3, -0.25) is 0 Å². The summed E-state index contributed by atoms with van der Waals surface area (Å²) in [5, 5.41) is 10.2. The van der Waals surface area contributed by atoms with E-state index in [0.29, 0.717) is 13.2 Å². The lowest BCUT2D eigenvalue weighted by atomic mass is 10.0. The summed E-state index contributed by atoms with van der Waals surface area (Å²) in [4.78, 5) is 2.12. The summed E-state index contributed by atoms with van der Waals surface area (Å²) in [6.45, 7) is 2.77. The van der Waals surface area contributed by atoms with Gasteiger partial charge in [0.1, 0.15) is 5.60 Å². The van der Waals surface area contributed by atoms with Gasteiger partial charge in [-0.25, -0.2) is 0 Å². The lowest BCUT2D eigenvalue weighted by Crippen LogP contribution is -2.41. The fourth-order valence-corrected chi connectivity index (χ4v) is 1.75. The summed E-state index contributed by atoms with van der Waals surface area (Å²) in [6, 6.07) is 0. The van der Waals surface area contributed by atoms with Crippen molar-refractivity contribution in [2.24, 2.45) is 0 Å². The topological polar surface area (TPSA) is 32.7 Å². The van der Waals surface area contributed by atoms with Crippen LogP contribution in [0.2, 0.25) is 0 Å². The molecule has 1 aliphatic carbocycles. The first-order chi connectivity index (χ1) is 6.18. The Morgan fingerprint density at radius 1 is 1.54 bits per heavy atom. The second-order valence-electron chi connectivity index (χ2n) is 4.20. The Labute approximate surface area is 79.0 Å². The van der Waals surface area contributed by atoms with Crippen molar-refractivity contribution in [2.75, 3.05) is 33.4 Å². The number of nitrogens with zero attached hydrogens (tertiary/aromatic N) is 1. The van der Waals surface area contributed by atoms with Crippen LogP contribution in [0.1, 0.15) is 12.8 Å². The molecule has 3 nitrogen and oxygen atoms in total. The molecule has 1 saturated carbocycles. The molecular formula is C10H17NO2. The van der Waals surface area contributed by atoms with Crippen molar-refractivity contribution in [1.29, 1.82) is 0 Å². The molecule has 1 atom stereocenters. The molecule has 0 radical (unpaired) electrons. The molecule has 1 aliphatic heterocycles. The van der Waals surface area contributed by atoms with Gasteiger partial charge >= 0.3 is 0 Å². The molecule has 2 fully saturated rings. The zero-order valence-corrected chi connectivity index (χ0v) is 8.12. The van der Waals surface area contributed by atoms with Crippen LogP contribution in [0, 0.1) is 0 Å². The second-order valence-corrected chi connectivity index (χ2v) is 4.20. The van der Waals surface area contributed by atoms with Gasteiger partial charge < -0.3 is 14.7 Å². The van der Waals surface area contributed by atoms with Gasteiger partial charge in [-0.15, -0.1) is 0 Å². The minimum absolute atomic E-state index is 0.445. The molecule has 2 aliphatic rings. The SMILES string of the molecule is CN1CCOC[C@](O)(C=C2CC2)C1. The molecule has 74 valence electrons. The van der Waals surface area contributed by atoms with E-state index in [1.165, 1.54) is 5.57 Å². The van der Waals surface area contributed by atoms with Crippen LogP contribution in [0.15, 0.2) is 11.6 Å². The Bertz CT molecular complexity index is 221. The minimum Gasteiger partial charge on any atom is -0.382 e. The molecule has 0 amide bonds. The molecule has 1 saturated heterocycles. The molecule has 0 spiro atoms. The van der Waals surface area contributed by atoms with E-state index in [2.05, 4.69) is 4.90 Å². The van der Waals surface area contributed by atoms with E-state index >= 15 is 0 Å². The van der Waals surface area contributed by atoms with E-state index in [1.807, 2.05) is 13.1 Å². The van der Waals surface area contributed by atoms with E-state index in [-0.39, 0.29) is 0 Å². The van der Waals surface area contributed by atoms with Crippen molar-refractivity contribution in [3.05, 3.63) is 11.6 Å². The first-order valence-electron chi connectivity index (χ1n) is 4.87. The van der Waals surface area contributed by atoms with Crippen molar-refractivity contribution >= 4 is 0 Å². The summed E-state index contributed by atoms with van der Waals surface area (Å²) >= 11 is 0. The van der Waals surface area contributed by atoms with Crippen molar-refractivity contribution < 1.29 is 9.84 Å².